The number of hydrogen-bond donors (Lipinski definition) is 1. The Bertz CT molecular complexity index is 1310. The lowest BCUT2D eigenvalue weighted by atomic mass is 9.75. The van der Waals surface area contributed by atoms with E-state index in [1.54, 1.807) is 24.3 Å². The maximum absolute atomic E-state index is 13.3. The van der Waals surface area contributed by atoms with Crippen LogP contribution in [0.3, 0.4) is 0 Å². The molecule has 1 saturated heterocycles. The molecule has 5 heteroatoms. The summed E-state index contributed by atoms with van der Waals surface area (Å²) in [6, 6.07) is 37.6. The molecule has 2 atom stereocenters. The smallest absolute Gasteiger partial charge is 0.180 e. The highest BCUT2D eigenvalue weighted by Crippen LogP contribution is 2.46. The molecule has 4 aromatic carbocycles. The first-order valence-corrected chi connectivity index (χ1v) is 14.5. The standard InChI is InChI=1S/C32H33NO3S/c1-25-19-21-29(22-20-25)37(35,36)24-31(34)30-18-11-23-33(30)32(26-12-5-2-6-13-26,27-14-7-3-8-15-27)28-16-9-4-10-17-28/h2-10,12-17,19-22,30-31,34H,11,18,23-24H2,1H3/t30-,31?/m0/s1. The van der Waals surface area contributed by atoms with E-state index in [1.165, 1.54) is 0 Å². The summed E-state index contributed by atoms with van der Waals surface area (Å²) in [6.45, 7) is 2.67. The van der Waals surface area contributed by atoms with Crippen LogP contribution in [-0.2, 0) is 15.4 Å². The molecular formula is C32H33NO3S. The molecule has 0 bridgehead atoms. The van der Waals surface area contributed by atoms with Crippen molar-refractivity contribution in [3.05, 3.63) is 138 Å². The van der Waals surface area contributed by atoms with Crippen LogP contribution in [0.5, 0.6) is 0 Å². The van der Waals surface area contributed by atoms with Crippen molar-refractivity contribution < 1.29 is 13.5 Å². The zero-order valence-electron chi connectivity index (χ0n) is 21.1. The van der Waals surface area contributed by atoms with E-state index in [1.807, 2.05) is 61.5 Å². The quantitative estimate of drug-likeness (QED) is 0.314. The van der Waals surface area contributed by atoms with Crippen molar-refractivity contribution in [3.63, 3.8) is 0 Å². The van der Waals surface area contributed by atoms with E-state index in [0.29, 0.717) is 0 Å². The fraction of sp³-hybridized carbons (Fsp3) is 0.250. The van der Waals surface area contributed by atoms with Gasteiger partial charge in [0.15, 0.2) is 9.84 Å². The van der Waals surface area contributed by atoms with Crippen molar-refractivity contribution in [1.82, 2.24) is 4.90 Å². The van der Waals surface area contributed by atoms with Crippen LogP contribution < -0.4 is 0 Å². The van der Waals surface area contributed by atoms with Gasteiger partial charge in [-0.15, -0.1) is 0 Å². The fourth-order valence-corrected chi connectivity index (χ4v) is 7.24. The molecule has 190 valence electrons. The first-order chi connectivity index (χ1) is 17.9. The van der Waals surface area contributed by atoms with Crippen LogP contribution in [0.1, 0.15) is 35.1 Å². The third kappa shape index (κ3) is 4.87. The normalized spacial score (nSPS) is 17.5. The predicted octanol–water partition coefficient (Wildman–Crippen LogP) is 5.59. The van der Waals surface area contributed by atoms with Crippen LogP contribution in [0.25, 0.3) is 0 Å². The van der Waals surface area contributed by atoms with Crippen LogP contribution in [0.4, 0.5) is 0 Å². The van der Waals surface area contributed by atoms with E-state index < -0.39 is 21.5 Å². The number of likely N-dealkylation sites (tertiary alicyclic amines) is 1. The molecular weight excluding hydrogens is 478 g/mol. The van der Waals surface area contributed by atoms with E-state index in [0.717, 1.165) is 41.6 Å². The van der Waals surface area contributed by atoms with Crippen LogP contribution in [0.15, 0.2) is 120 Å². The van der Waals surface area contributed by atoms with E-state index in [4.69, 9.17) is 0 Å². The van der Waals surface area contributed by atoms with Gasteiger partial charge in [0.05, 0.1) is 22.3 Å². The van der Waals surface area contributed by atoms with Gasteiger partial charge in [-0.05, 0) is 48.6 Å². The van der Waals surface area contributed by atoms with E-state index >= 15 is 0 Å². The van der Waals surface area contributed by atoms with Gasteiger partial charge in [-0.3, -0.25) is 4.90 Å². The van der Waals surface area contributed by atoms with Gasteiger partial charge in [0.25, 0.3) is 0 Å². The van der Waals surface area contributed by atoms with E-state index in [-0.39, 0.29) is 16.7 Å². The summed E-state index contributed by atoms with van der Waals surface area (Å²) < 4.78 is 26.6. The minimum absolute atomic E-state index is 0.252. The third-order valence-corrected chi connectivity index (χ3v) is 9.29. The van der Waals surface area contributed by atoms with Crippen molar-refractivity contribution in [2.24, 2.45) is 0 Å². The number of aliphatic hydroxyl groups is 1. The maximum Gasteiger partial charge on any atom is 0.180 e. The van der Waals surface area contributed by atoms with Gasteiger partial charge in [-0.2, -0.15) is 0 Å². The van der Waals surface area contributed by atoms with Gasteiger partial charge >= 0.3 is 0 Å². The van der Waals surface area contributed by atoms with Gasteiger partial charge in [0.1, 0.15) is 0 Å². The largest absolute Gasteiger partial charge is 0.390 e. The molecule has 1 fully saturated rings. The average molecular weight is 512 g/mol. The number of aliphatic hydroxyl groups excluding tert-OH is 1. The molecule has 1 heterocycles. The molecule has 1 aliphatic heterocycles. The number of hydrogen-bond acceptors (Lipinski definition) is 4. The topological polar surface area (TPSA) is 57.6 Å². The van der Waals surface area contributed by atoms with Crippen molar-refractivity contribution in [1.29, 1.82) is 0 Å². The van der Waals surface area contributed by atoms with Crippen molar-refractivity contribution in [2.45, 2.75) is 42.3 Å². The number of nitrogens with zero attached hydrogens (tertiary/aromatic N) is 1. The monoisotopic (exact) mass is 511 g/mol. The van der Waals surface area contributed by atoms with Crippen LogP contribution in [0.2, 0.25) is 0 Å². The van der Waals surface area contributed by atoms with Crippen LogP contribution in [-0.4, -0.2) is 42.9 Å². The molecule has 0 radical (unpaired) electrons. The summed E-state index contributed by atoms with van der Waals surface area (Å²) in [5.41, 5.74) is 3.59. The first kappa shape index (κ1) is 25.4. The summed E-state index contributed by atoms with van der Waals surface area (Å²) in [7, 11) is -3.65. The summed E-state index contributed by atoms with van der Waals surface area (Å²) >= 11 is 0. The number of benzene rings is 4. The molecule has 1 unspecified atom stereocenters. The summed E-state index contributed by atoms with van der Waals surface area (Å²) in [6.07, 6.45) is 0.559. The van der Waals surface area contributed by atoms with Crippen molar-refractivity contribution >= 4 is 9.84 Å². The second kappa shape index (κ2) is 10.6. The Labute approximate surface area is 220 Å². The van der Waals surface area contributed by atoms with E-state index in [2.05, 4.69) is 41.3 Å². The highest BCUT2D eigenvalue weighted by Gasteiger charge is 2.49. The number of sulfone groups is 1. The summed E-state index contributed by atoms with van der Waals surface area (Å²) in [5.74, 6) is -0.314. The maximum atomic E-state index is 13.3. The molecule has 0 saturated carbocycles. The minimum atomic E-state index is -3.65. The molecule has 4 nitrogen and oxygen atoms in total. The molecule has 1 N–H and O–H groups in total. The highest BCUT2D eigenvalue weighted by molar-refractivity contribution is 7.91. The van der Waals surface area contributed by atoms with Gasteiger partial charge in [-0.1, -0.05) is 109 Å². The van der Waals surface area contributed by atoms with E-state index in [9.17, 15) is 13.5 Å². The molecule has 0 amide bonds. The average Bonchev–Trinajstić information content (AvgIpc) is 3.42. The Morgan fingerprint density at radius 1 is 0.784 bits per heavy atom. The Kier molecular flexibility index (Phi) is 7.29. The number of aryl methyl sites for hydroxylation is 1. The Morgan fingerprint density at radius 3 is 1.70 bits per heavy atom. The molecule has 37 heavy (non-hydrogen) atoms. The van der Waals surface area contributed by atoms with Gasteiger partial charge in [-0.25, -0.2) is 8.42 Å². The highest BCUT2D eigenvalue weighted by atomic mass is 32.2. The second-order valence-electron chi connectivity index (χ2n) is 9.87. The fourth-order valence-electron chi connectivity index (χ4n) is 5.82. The first-order valence-electron chi connectivity index (χ1n) is 12.8. The second-order valence-corrected chi connectivity index (χ2v) is 11.9. The van der Waals surface area contributed by atoms with Gasteiger partial charge in [0.2, 0.25) is 0 Å². The Hall–Kier alpha value is -3.25. The lowest BCUT2D eigenvalue weighted by Gasteiger charge is -2.47. The Morgan fingerprint density at radius 2 is 1.24 bits per heavy atom. The zero-order valence-corrected chi connectivity index (χ0v) is 21.9. The molecule has 0 spiro atoms. The van der Waals surface area contributed by atoms with Crippen molar-refractivity contribution in [2.75, 3.05) is 12.3 Å². The van der Waals surface area contributed by atoms with Crippen LogP contribution in [0, 0.1) is 6.92 Å². The number of rotatable bonds is 8. The molecule has 5 rings (SSSR count). The molecule has 1 aliphatic rings. The predicted molar refractivity (Wildman–Crippen MR) is 148 cm³/mol. The molecule has 4 aromatic rings. The lowest BCUT2D eigenvalue weighted by molar-refractivity contribution is 0.0451. The van der Waals surface area contributed by atoms with Crippen LogP contribution >= 0.6 is 0 Å². The molecule has 0 aromatic heterocycles. The Balaban J connectivity index is 1.62. The van der Waals surface area contributed by atoms with Crippen molar-refractivity contribution in [3.8, 4) is 0 Å². The van der Waals surface area contributed by atoms with Gasteiger partial charge < -0.3 is 5.11 Å². The SMILES string of the molecule is Cc1ccc(S(=O)(=O)CC(O)[C@@H]2CCCN2C(c2ccccc2)(c2ccccc2)c2ccccc2)cc1. The summed E-state index contributed by atoms with van der Waals surface area (Å²) in [4.78, 5) is 2.59. The lowest BCUT2D eigenvalue weighted by Crippen LogP contribution is -2.54. The molecule has 0 aliphatic carbocycles. The van der Waals surface area contributed by atoms with Gasteiger partial charge in [0, 0.05) is 12.6 Å². The zero-order chi connectivity index (χ0) is 25.9. The minimum Gasteiger partial charge on any atom is -0.390 e. The summed E-state index contributed by atoms with van der Waals surface area (Å²) in [5, 5.41) is 11.6. The third-order valence-electron chi connectivity index (χ3n) is 7.52.